The average Bonchev–Trinajstić information content (AvgIpc) is 3.02. The molecule has 0 saturated carbocycles. The number of nitrogens with one attached hydrogen (secondary N) is 1. The molecule has 2 aromatic rings. The van der Waals surface area contributed by atoms with E-state index in [0.717, 1.165) is 5.76 Å². The summed E-state index contributed by atoms with van der Waals surface area (Å²) >= 11 is 0. The molecule has 0 aliphatic heterocycles. The smallest absolute Gasteiger partial charge is 0.254 e. The summed E-state index contributed by atoms with van der Waals surface area (Å²) in [5.74, 6) is 1.23. The molecule has 1 heterocycles. The minimum absolute atomic E-state index is 0.0623. The van der Waals surface area contributed by atoms with Crippen molar-refractivity contribution in [2.75, 3.05) is 34.2 Å². The molecule has 0 spiro atoms. The fourth-order valence-electron chi connectivity index (χ4n) is 2.43. The van der Waals surface area contributed by atoms with Gasteiger partial charge in [0.2, 0.25) is 10.0 Å². The molecule has 0 fully saturated rings. The Bertz CT molecular complexity index is 859. The zero-order valence-electron chi connectivity index (χ0n) is 15.5. The predicted octanol–water partition coefficient (Wildman–Crippen LogP) is 1.70. The van der Waals surface area contributed by atoms with Crippen molar-refractivity contribution in [2.45, 2.75) is 18.4 Å². The molecule has 0 saturated heterocycles. The number of hydrogen-bond donors (Lipinski definition) is 1. The molecule has 1 amide bonds. The van der Waals surface area contributed by atoms with Crippen LogP contribution in [0.5, 0.6) is 0 Å². The molecule has 26 heavy (non-hydrogen) atoms. The molecule has 0 aliphatic rings. The van der Waals surface area contributed by atoms with Gasteiger partial charge in [-0.1, -0.05) is 6.07 Å². The maximum Gasteiger partial charge on any atom is 0.254 e. The quantitative estimate of drug-likeness (QED) is 0.755. The van der Waals surface area contributed by atoms with E-state index in [9.17, 15) is 13.2 Å². The molecular formula is C18H25N3O4S. The Balaban J connectivity index is 2.28. The lowest BCUT2D eigenvalue weighted by Gasteiger charge is -2.24. The van der Waals surface area contributed by atoms with E-state index in [0.29, 0.717) is 31.0 Å². The van der Waals surface area contributed by atoms with Gasteiger partial charge in [0, 0.05) is 18.7 Å². The first-order chi connectivity index (χ1) is 12.2. The number of hydrogen-bond acceptors (Lipinski definition) is 5. The zero-order chi connectivity index (χ0) is 19.3. The van der Waals surface area contributed by atoms with Crippen molar-refractivity contribution in [3.8, 4) is 0 Å². The fourth-order valence-corrected chi connectivity index (χ4v) is 3.20. The Hall–Kier alpha value is -2.16. The van der Waals surface area contributed by atoms with Crippen molar-refractivity contribution in [2.24, 2.45) is 0 Å². The summed E-state index contributed by atoms with van der Waals surface area (Å²) in [5.41, 5.74) is 0.323. The number of likely N-dealkylation sites (N-methyl/N-ethyl adjacent to an activating group) is 1. The van der Waals surface area contributed by atoms with E-state index in [-0.39, 0.29) is 10.8 Å². The SMILES string of the molecule is CNS(=O)(=O)c1cccc(C(=O)N(CCN(C)C)Cc2ccc(C)o2)c1. The number of carbonyl (C=O) groups is 1. The van der Waals surface area contributed by atoms with Gasteiger partial charge >= 0.3 is 0 Å². The van der Waals surface area contributed by atoms with Crippen LogP contribution in [0.25, 0.3) is 0 Å². The van der Waals surface area contributed by atoms with E-state index in [1.807, 2.05) is 38.1 Å². The summed E-state index contributed by atoms with van der Waals surface area (Å²) < 4.78 is 31.8. The number of carbonyl (C=O) groups excluding carboxylic acids is 1. The Morgan fingerprint density at radius 3 is 2.46 bits per heavy atom. The summed E-state index contributed by atoms with van der Waals surface area (Å²) in [6.07, 6.45) is 0. The minimum atomic E-state index is -3.61. The average molecular weight is 379 g/mol. The Morgan fingerprint density at radius 2 is 1.88 bits per heavy atom. The molecule has 1 aromatic heterocycles. The molecule has 1 N–H and O–H groups in total. The van der Waals surface area contributed by atoms with Gasteiger partial charge in [0.05, 0.1) is 11.4 Å². The summed E-state index contributed by atoms with van der Waals surface area (Å²) in [4.78, 5) is 16.7. The van der Waals surface area contributed by atoms with Crippen LogP contribution in [0.3, 0.4) is 0 Å². The molecule has 7 nitrogen and oxygen atoms in total. The number of rotatable bonds is 8. The van der Waals surface area contributed by atoms with Crippen LogP contribution in [-0.2, 0) is 16.6 Å². The van der Waals surface area contributed by atoms with Crippen molar-refractivity contribution in [1.82, 2.24) is 14.5 Å². The molecule has 2 rings (SSSR count). The first kappa shape index (κ1) is 20.2. The summed E-state index contributed by atoms with van der Waals surface area (Å²) in [5, 5.41) is 0. The van der Waals surface area contributed by atoms with Crippen LogP contribution in [0.4, 0.5) is 0 Å². The first-order valence-electron chi connectivity index (χ1n) is 8.26. The fraction of sp³-hybridized carbons (Fsp3) is 0.389. The summed E-state index contributed by atoms with van der Waals surface area (Å²) in [7, 11) is 1.59. The molecule has 8 heteroatoms. The minimum Gasteiger partial charge on any atom is -0.464 e. The lowest BCUT2D eigenvalue weighted by Crippen LogP contribution is -2.36. The van der Waals surface area contributed by atoms with Crippen LogP contribution in [0, 0.1) is 6.92 Å². The third-order valence-corrected chi connectivity index (χ3v) is 5.32. The zero-order valence-corrected chi connectivity index (χ0v) is 16.3. The molecular weight excluding hydrogens is 354 g/mol. The number of nitrogens with zero attached hydrogens (tertiary/aromatic N) is 2. The first-order valence-corrected chi connectivity index (χ1v) is 9.74. The normalized spacial score (nSPS) is 11.7. The van der Waals surface area contributed by atoms with Crippen molar-refractivity contribution >= 4 is 15.9 Å². The van der Waals surface area contributed by atoms with Gasteiger partial charge in [-0.15, -0.1) is 0 Å². The highest BCUT2D eigenvalue weighted by Gasteiger charge is 2.20. The highest BCUT2D eigenvalue weighted by molar-refractivity contribution is 7.89. The van der Waals surface area contributed by atoms with Crippen molar-refractivity contribution in [1.29, 1.82) is 0 Å². The van der Waals surface area contributed by atoms with Crippen LogP contribution < -0.4 is 4.72 Å². The van der Waals surface area contributed by atoms with Crippen LogP contribution >= 0.6 is 0 Å². The highest BCUT2D eigenvalue weighted by atomic mass is 32.2. The van der Waals surface area contributed by atoms with E-state index >= 15 is 0 Å². The van der Waals surface area contributed by atoms with E-state index in [1.54, 1.807) is 17.0 Å². The monoisotopic (exact) mass is 379 g/mol. The predicted molar refractivity (Wildman–Crippen MR) is 99.4 cm³/mol. The number of aryl methyl sites for hydroxylation is 1. The van der Waals surface area contributed by atoms with Gasteiger partial charge in [0.25, 0.3) is 5.91 Å². The summed E-state index contributed by atoms with van der Waals surface area (Å²) in [6.45, 7) is 3.35. The number of amides is 1. The van der Waals surface area contributed by atoms with Gasteiger partial charge < -0.3 is 14.2 Å². The van der Waals surface area contributed by atoms with Crippen molar-refractivity contribution in [3.63, 3.8) is 0 Å². The van der Waals surface area contributed by atoms with Gasteiger partial charge in [0.15, 0.2) is 0 Å². The third-order valence-electron chi connectivity index (χ3n) is 3.91. The molecule has 0 aliphatic carbocycles. The van der Waals surface area contributed by atoms with Gasteiger partial charge in [-0.2, -0.15) is 0 Å². The van der Waals surface area contributed by atoms with Crippen LogP contribution in [0.1, 0.15) is 21.9 Å². The van der Waals surface area contributed by atoms with Gasteiger partial charge in [-0.3, -0.25) is 4.79 Å². The summed E-state index contributed by atoms with van der Waals surface area (Å²) in [6, 6.07) is 9.73. The second-order valence-corrected chi connectivity index (χ2v) is 8.16. The van der Waals surface area contributed by atoms with Crippen molar-refractivity contribution in [3.05, 3.63) is 53.5 Å². The second-order valence-electron chi connectivity index (χ2n) is 6.28. The maximum absolute atomic E-state index is 13.0. The Labute approximate surface area is 154 Å². The third kappa shape index (κ3) is 5.17. The molecule has 0 atom stereocenters. The lowest BCUT2D eigenvalue weighted by atomic mass is 10.2. The molecule has 0 unspecified atom stereocenters. The van der Waals surface area contributed by atoms with Crippen LogP contribution in [0.2, 0.25) is 0 Å². The van der Waals surface area contributed by atoms with Gasteiger partial charge in [-0.05, 0) is 58.4 Å². The van der Waals surface area contributed by atoms with E-state index in [2.05, 4.69) is 4.72 Å². The molecule has 1 aromatic carbocycles. The standard InChI is InChI=1S/C18H25N3O4S/c1-14-8-9-16(25-14)13-21(11-10-20(3)4)18(22)15-6-5-7-17(12-15)26(23,24)19-2/h5-9,12,19H,10-11,13H2,1-4H3. The Kier molecular flexibility index (Phi) is 6.57. The topological polar surface area (TPSA) is 82.9 Å². The molecule has 142 valence electrons. The second kappa shape index (κ2) is 8.48. The number of benzene rings is 1. The number of sulfonamides is 1. The maximum atomic E-state index is 13.0. The van der Waals surface area contributed by atoms with Crippen molar-refractivity contribution < 1.29 is 17.6 Å². The van der Waals surface area contributed by atoms with E-state index in [4.69, 9.17) is 4.42 Å². The van der Waals surface area contributed by atoms with E-state index in [1.165, 1.54) is 19.2 Å². The molecule has 0 radical (unpaired) electrons. The number of furan rings is 1. The van der Waals surface area contributed by atoms with E-state index < -0.39 is 10.0 Å². The Morgan fingerprint density at radius 1 is 1.15 bits per heavy atom. The lowest BCUT2D eigenvalue weighted by molar-refractivity contribution is 0.0719. The van der Waals surface area contributed by atoms with Crippen LogP contribution in [0.15, 0.2) is 45.7 Å². The molecule has 0 bridgehead atoms. The highest BCUT2D eigenvalue weighted by Crippen LogP contribution is 2.16. The van der Waals surface area contributed by atoms with Gasteiger partial charge in [0.1, 0.15) is 11.5 Å². The van der Waals surface area contributed by atoms with Crippen LogP contribution in [-0.4, -0.2) is 58.4 Å². The largest absolute Gasteiger partial charge is 0.464 e. The van der Waals surface area contributed by atoms with Gasteiger partial charge in [-0.25, -0.2) is 13.1 Å².